The molecule has 1 saturated heterocycles. The molecule has 3 rings (SSSR count). The lowest BCUT2D eigenvalue weighted by molar-refractivity contribution is -0.123. The van der Waals surface area contributed by atoms with Gasteiger partial charge in [-0.05, 0) is 30.0 Å². The molecule has 25 heavy (non-hydrogen) atoms. The van der Waals surface area contributed by atoms with Gasteiger partial charge in [-0.1, -0.05) is 36.7 Å². The Bertz CT molecular complexity index is 742. The predicted octanol–water partition coefficient (Wildman–Crippen LogP) is 2.54. The summed E-state index contributed by atoms with van der Waals surface area (Å²) in [5.41, 5.74) is 0.888. The molecule has 0 saturated carbocycles. The molecule has 1 aromatic rings. The Morgan fingerprint density at radius 1 is 1.36 bits per heavy atom. The first-order chi connectivity index (χ1) is 11.6. The number of benzene rings is 1. The van der Waals surface area contributed by atoms with Crippen molar-refractivity contribution >= 4 is 39.3 Å². The van der Waals surface area contributed by atoms with Gasteiger partial charge in [0.15, 0.2) is 0 Å². The van der Waals surface area contributed by atoms with Crippen LogP contribution in [0.1, 0.15) is 44.0 Å². The highest BCUT2D eigenvalue weighted by Crippen LogP contribution is 2.31. The van der Waals surface area contributed by atoms with Crippen molar-refractivity contribution in [2.24, 2.45) is 5.41 Å². The molecule has 0 aromatic heterocycles. The molecule has 0 bridgehead atoms. The Hall–Kier alpha value is -1.89. The molecule has 7 heteroatoms. The summed E-state index contributed by atoms with van der Waals surface area (Å²) in [6, 6.07) is 4.46. The highest BCUT2D eigenvalue weighted by molar-refractivity contribution is 9.10. The zero-order valence-corrected chi connectivity index (χ0v) is 16.1. The van der Waals surface area contributed by atoms with Gasteiger partial charge in [0.25, 0.3) is 5.91 Å². The second-order valence-corrected chi connectivity index (χ2v) is 8.81. The van der Waals surface area contributed by atoms with E-state index in [1.165, 1.54) is 0 Å². The van der Waals surface area contributed by atoms with Gasteiger partial charge in [-0.25, -0.2) is 0 Å². The van der Waals surface area contributed by atoms with Gasteiger partial charge in [-0.3, -0.25) is 14.4 Å². The minimum atomic E-state index is -0.557. The molecule has 2 N–H and O–H groups in total. The van der Waals surface area contributed by atoms with Crippen LogP contribution in [0.3, 0.4) is 0 Å². The van der Waals surface area contributed by atoms with Gasteiger partial charge < -0.3 is 15.5 Å². The molecule has 0 aliphatic carbocycles. The molecule has 0 radical (unpaired) electrons. The third kappa shape index (κ3) is 3.86. The van der Waals surface area contributed by atoms with Gasteiger partial charge in [-0.15, -0.1) is 0 Å². The number of carbonyl (C=O) groups excluding carboxylic acids is 3. The Balaban J connectivity index is 1.77. The Morgan fingerprint density at radius 2 is 2.08 bits per heavy atom. The summed E-state index contributed by atoms with van der Waals surface area (Å²) in [4.78, 5) is 39.1. The molecule has 0 unspecified atom stereocenters. The van der Waals surface area contributed by atoms with Crippen molar-refractivity contribution in [3.05, 3.63) is 28.2 Å². The Kier molecular flexibility index (Phi) is 4.62. The minimum absolute atomic E-state index is 0.0499. The lowest BCUT2D eigenvalue weighted by atomic mass is 9.92. The summed E-state index contributed by atoms with van der Waals surface area (Å²) >= 11 is 3.36. The Morgan fingerprint density at radius 3 is 2.76 bits per heavy atom. The average molecular weight is 408 g/mol. The zero-order chi connectivity index (χ0) is 18.4. The van der Waals surface area contributed by atoms with E-state index in [4.69, 9.17) is 0 Å². The summed E-state index contributed by atoms with van der Waals surface area (Å²) in [6.45, 7) is 6.35. The van der Waals surface area contributed by atoms with Crippen LogP contribution >= 0.6 is 15.9 Å². The fourth-order valence-corrected chi connectivity index (χ4v) is 3.71. The van der Waals surface area contributed by atoms with Crippen LogP contribution in [0, 0.1) is 5.41 Å². The Labute approximate surface area is 155 Å². The fraction of sp³-hybridized carbons (Fsp3) is 0.500. The first-order valence-corrected chi connectivity index (χ1v) is 9.14. The second-order valence-electron chi connectivity index (χ2n) is 7.89. The maximum Gasteiger partial charge on any atom is 0.256 e. The van der Waals surface area contributed by atoms with Crippen LogP contribution < -0.4 is 10.6 Å². The standard InChI is InChI=1S/C18H22BrN3O3/c1-18(2,3)8-15(23)20-11-7-14-16(24)21-13-5-4-10(19)6-12(13)17(25)22(14)9-11/h4-6,11,14H,7-9H2,1-3H3,(H,20,23)(H,21,24)/t11-,14-/m0/s1. The number of carbonyl (C=O) groups is 3. The number of halogens is 1. The van der Waals surface area contributed by atoms with Gasteiger partial charge in [0.05, 0.1) is 11.3 Å². The first kappa shape index (κ1) is 17.9. The number of hydrogen-bond donors (Lipinski definition) is 2. The molecule has 1 aromatic carbocycles. The van der Waals surface area contributed by atoms with E-state index in [1.54, 1.807) is 23.1 Å². The van der Waals surface area contributed by atoms with Crippen molar-refractivity contribution in [3.8, 4) is 0 Å². The molecule has 3 amide bonds. The molecular formula is C18H22BrN3O3. The molecule has 6 nitrogen and oxygen atoms in total. The van der Waals surface area contributed by atoms with Crippen LogP contribution in [0.2, 0.25) is 0 Å². The van der Waals surface area contributed by atoms with Crippen molar-refractivity contribution in [1.29, 1.82) is 0 Å². The lowest BCUT2D eigenvalue weighted by Crippen LogP contribution is -2.41. The maximum absolute atomic E-state index is 12.9. The van der Waals surface area contributed by atoms with Gasteiger partial charge in [-0.2, -0.15) is 0 Å². The molecule has 2 atom stereocenters. The van der Waals surface area contributed by atoms with Crippen molar-refractivity contribution in [1.82, 2.24) is 10.2 Å². The smallest absolute Gasteiger partial charge is 0.256 e. The number of nitrogens with zero attached hydrogens (tertiary/aromatic N) is 1. The quantitative estimate of drug-likeness (QED) is 0.790. The monoisotopic (exact) mass is 407 g/mol. The van der Waals surface area contributed by atoms with E-state index in [1.807, 2.05) is 20.8 Å². The average Bonchev–Trinajstić information content (AvgIpc) is 2.86. The van der Waals surface area contributed by atoms with E-state index < -0.39 is 6.04 Å². The number of nitrogens with one attached hydrogen (secondary N) is 2. The summed E-state index contributed by atoms with van der Waals surface area (Å²) in [5.74, 6) is -0.444. The largest absolute Gasteiger partial charge is 0.351 e. The van der Waals surface area contributed by atoms with Gasteiger partial charge in [0.1, 0.15) is 6.04 Å². The summed E-state index contributed by atoms with van der Waals surface area (Å²) < 4.78 is 0.779. The third-order valence-electron chi connectivity index (χ3n) is 4.39. The number of hydrogen-bond acceptors (Lipinski definition) is 3. The van der Waals surface area contributed by atoms with Crippen molar-refractivity contribution in [2.75, 3.05) is 11.9 Å². The van der Waals surface area contributed by atoms with Gasteiger partial charge in [0, 0.05) is 23.5 Å². The normalized spacial score (nSPS) is 22.8. The molecule has 2 aliphatic rings. The van der Waals surface area contributed by atoms with Gasteiger partial charge >= 0.3 is 0 Å². The van der Waals surface area contributed by atoms with E-state index in [2.05, 4.69) is 26.6 Å². The molecule has 2 aliphatic heterocycles. The number of rotatable bonds is 2. The maximum atomic E-state index is 12.9. The fourth-order valence-electron chi connectivity index (χ4n) is 3.35. The van der Waals surface area contributed by atoms with E-state index in [0.29, 0.717) is 30.6 Å². The number of amides is 3. The highest BCUT2D eigenvalue weighted by Gasteiger charge is 2.43. The number of anilines is 1. The van der Waals surface area contributed by atoms with Crippen molar-refractivity contribution in [2.45, 2.75) is 45.7 Å². The van der Waals surface area contributed by atoms with Crippen LogP contribution in [0.5, 0.6) is 0 Å². The number of fused-ring (bicyclic) bond motifs is 2. The lowest BCUT2D eigenvalue weighted by Gasteiger charge is -2.21. The molecular weight excluding hydrogens is 386 g/mol. The summed E-state index contributed by atoms with van der Waals surface area (Å²) in [6.07, 6.45) is 0.840. The van der Waals surface area contributed by atoms with Gasteiger partial charge in [0.2, 0.25) is 11.8 Å². The van der Waals surface area contributed by atoms with Crippen molar-refractivity contribution in [3.63, 3.8) is 0 Å². The zero-order valence-electron chi connectivity index (χ0n) is 14.6. The topological polar surface area (TPSA) is 78.5 Å². The highest BCUT2D eigenvalue weighted by atomic mass is 79.9. The van der Waals surface area contributed by atoms with Crippen LogP contribution in [0.25, 0.3) is 0 Å². The second kappa shape index (κ2) is 6.44. The van der Waals surface area contributed by atoms with Crippen molar-refractivity contribution < 1.29 is 14.4 Å². The van der Waals surface area contributed by atoms with E-state index in [9.17, 15) is 14.4 Å². The third-order valence-corrected chi connectivity index (χ3v) is 4.88. The molecule has 134 valence electrons. The van der Waals surface area contributed by atoms with Crippen LogP contribution in [-0.2, 0) is 9.59 Å². The predicted molar refractivity (Wildman–Crippen MR) is 98.2 cm³/mol. The first-order valence-electron chi connectivity index (χ1n) is 8.35. The van der Waals surface area contributed by atoms with E-state index in [-0.39, 0.29) is 29.2 Å². The molecule has 0 spiro atoms. The van der Waals surface area contributed by atoms with Crippen LogP contribution in [0.15, 0.2) is 22.7 Å². The van der Waals surface area contributed by atoms with Crippen LogP contribution in [0.4, 0.5) is 5.69 Å². The summed E-state index contributed by atoms with van der Waals surface area (Å²) in [7, 11) is 0. The van der Waals surface area contributed by atoms with E-state index in [0.717, 1.165) is 4.47 Å². The SMILES string of the molecule is CC(C)(C)CC(=O)N[C@H]1C[C@H]2C(=O)Nc3ccc(Br)cc3C(=O)N2C1. The van der Waals surface area contributed by atoms with Crippen LogP contribution in [-0.4, -0.2) is 41.2 Å². The minimum Gasteiger partial charge on any atom is -0.351 e. The molecule has 2 heterocycles. The summed E-state index contributed by atoms with van der Waals surface area (Å²) in [5, 5.41) is 5.80. The molecule has 1 fully saturated rings. The van der Waals surface area contributed by atoms with E-state index >= 15 is 0 Å².